The van der Waals surface area contributed by atoms with Crippen molar-refractivity contribution in [3.05, 3.63) is 0 Å². The van der Waals surface area contributed by atoms with Gasteiger partial charge in [0.1, 0.15) is 0 Å². The summed E-state index contributed by atoms with van der Waals surface area (Å²) in [4.78, 5) is 22.2. The van der Waals surface area contributed by atoms with Gasteiger partial charge in [0.15, 0.2) is 0 Å². The molecule has 1 saturated carbocycles. The minimum atomic E-state index is -3.58. The number of carboxylic acids is 1. The van der Waals surface area contributed by atoms with Crippen LogP contribution >= 0.6 is 0 Å². The minimum Gasteiger partial charge on any atom is -0.481 e. The average Bonchev–Trinajstić information content (AvgIpc) is 2.63. The molecule has 0 radical (unpaired) electrons. The van der Waals surface area contributed by atoms with Crippen LogP contribution in [0.5, 0.6) is 0 Å². The molecule has 1 aliphatic rings. The van der Waals surface area contributed by atoms with Crippen molar-refractivity contribution in [3.63, 3.8) is 0 Å². The number of rotatable bonds is 5. The van der Waals surface area contributed by atoms with Gasteiger partial charge in [-0.3, -0.25) is 9.59 Å². The van der Waals surface area contributed by atoms with Gasteiger partial charge in [-0.05, 0) is 19.3 Å². The number of amides is 1. The largest absolute Gasteiger partial charge is 0.481 e. The van der Waals surface area contributed by atoms with E-state index in [1.165, 1.54) is 0 Å². The van der Waals surface area contributed by atoms with E-state index in [4.69, 9.17) is 10.2 Å². The van der Waals surface area contributed by atoms with Crippen LogP contribution < -0.4 is 10.5 Å². The van der Waals surface area contributed by atoms with Crippen LogP contribution in [0.3, 0.4) is 0 Å². The molecule has 0 saturated heterocycles. The first-order chi connectivity index (χ1) is 7.79. The summed E-state index contributed by atoms with van der Waals surface area (Å²) in [6.07, 6.45) is 1.33. The summed E-state index contributed by atoms with van der Waals surface area (Å²) in [5.74, 6) is -2.30. The maximum absolute atomic E-state index is 11.6. The third kappa shape index (κ3) is 4.70. The Bertz CT molecular complexity index is 406. The van der Waals surface area contributed by atoms with Crippen LogP contribution in [-0.2, 0) is 19.6 Å². The number of nitrogens with two attached hydrogens (primary N) is 1. The Morgan fingerprint density at radius 3 is 2.35 bits per heavy atom. The number of carbonyl (C=O) groups excluding carboxylic acids is 1. The minimum absolute atomic E-state index is 0.0358. The zero-order chi connectivity index (χ0) is 13.1. The second kappa shape index (κ2) is 5.46. The van der Waals surface area contributed by atoms with E-state index >= 15 is 0 Å². The molecule has 0 aromatic rings. The van der Waals surface area contributed by atoms with Gasteiger partial charge < -0.3 is 10.4 Å². The van der Waals surface area contributed by atoms with E-state index in [1.807, 2.05) is 0 Å². The van der Waals surface area contributed by atoms with Crippen LogP contribution in [0.4, 0.5) is 0 Å². The molecule has 0 heterocycles. The molecular formula is C9H16N2O5S. The Balaban J connectivity index is 2.33. The fourth-order valence-corrected chi connectivity index (χ4v) is 2.29. The summed E-state index contributed by atoms with van der Waals surface area (Å²) in [5, 5.41) is 16.0. The number of hydrogen-bond donors (Lipinski definition) is 3. The standard InChI is InChI=1S/C9H16N2O5S/c10-17(15,16)4-3-11-8(12)6-1-2-7(5-6)9(13)14/h6-7H,1-5H2,(H,11,12)(H,13,14)(H2,10,15,16)/t6-,7+/m1/s1. The van der Waals surface area contributed by atoms with Crippen LogP contribution in [0.1, 0.15) is 19.3 Å². The van der Waals surface area contributed by atoms with Crippen molar-refractivity contribution in [2.75, 3.05) is 12.3 Å². The van der Waals surface area contributed by atoms with Gasteiger partial charge in [0, 0.05) is 12.5 Å². The number of hydrogen-bond acceptors (Lipinski definition) is 4. The molecule has 0 unspecified atom stereocenters. The molecule has 2 atom stereocenters. The molecule has 17 heavy (non-hydrogen) atoms. The summed E-state index contributed by atoms with van der Waals surface area (Å²) in [7, 11) is -3.58. The van der Waals surface area contributed by atoms with Gasteiger partial charge >= 0.3 is 5.97 Å². The Kier molecular flexibility index (Phi) is 4.47. The van der Waals surface area contributed by atoms with Crippen molar-refractivity contribution in [3.8, 4) is 0 Å². The fourth-order valence-electron chi connectivity index (χ4n) is 1.90. The third-order valence-electron chi connectivity index (χ3n) is 2.84. The Hall–Kier alpha value is -1.15. The molecular weight excluding hydrogens is 248 g/mol. The van der Waals surface area contributed by atoms with Gasteiger partial charge in [-0.1, -0.05) is 0 Å². The lowest BCUT2D eigenvalue weighted by Crippen LogP contribution is -2.35. The predicted octanol–water partition coefficient (Wildman–Crippen LogP) is -1.11. The predicted molar refractivity (Wildman–Crippen MR) is 59.5 cm³/mol. The van der Waals surface area contributed by atoms with Crippen molar-refractivity contribution < 1.29 is 23.1 Å². The third-order valence-corrected chi connectivity index (χ3v) is 3.61. The van der Waals surface area contributed by atoms with Crippen molar-refractivity contribution >= 4 is 21.9 Å². The van der Waals surface area contributed by atoms with E-state index in [0.29, 0.717) is 19.3 Å². The molecule has 1 fully saturated rings. The van der Waals surface area contributed by atoms with Crippen molar-refractivity contribution in [1.29, 1.82) is 0 Å². The Labute approximate surface area is 99.4 Å². The van der Waals surface area contributed by atoms with Gasteiger partial charge in [0.05, 0.1) is 11.7 Å². The van der Waals surface area contributed by atoms with Gasteiger partial charge in [-0.15, -0.1) is 0 Å². The highest BCUT2D eigenvalue weighted by Gasteiger charge is 2.33. The van der Waals surface area contributed by atoms with E-state index in [0.717, 1.165) is 0 Å². The molecule has 0 aromatic heterocycles. The fraction of sp³-hybridized carbons (Fsp3) is 0.778. The SMILES string of the molecule is NS(=O)(=O)CCNC(=O)[C@@H]1CC[C@H](C(=O)O)C1. The number of sulfonamides is 1. The van der Waals surface area contributed by atoms with E-state index in [-0.39, 0.29) is 24.1 Å². The molecule has 4 N–H and O–H groups in total. The molecule has 98 valence electrons. The molecule has 1 amide bonds. The number of carbonyl (C=O) groups is 2. The number of carboxylic acid groups (broad SMARTS) is 1. The van der Waals surface area contributed by atoms with Gasteiger partial charge in [0.2, 0.25) is 15.9 Å². The highest BCUT2D eigenvalue weighted by molar-refractivity contribution is 7.89. The van der Waals surface area contributed by atoms with E-state index in [2.05, 4.69) is 5.32 Å². The maximum Gasteiger partial charge on any atom is 0.306 e. The van der Waals surface area contributed by atoms with Crippen molar-refractivity contribution in [2.24, 2.45) is 17.0 Å². The number of nitrogens with one attached hydrogen (secondary N) is 1. The zero-order valence-corrected chi connectivity index (χ0v) is 10.1. The topological polar surface area (TPSA) is 127 Å². The summed E-state index contributed by atoms with van der Waals surface area (Å²) >= 11 is 0. The first-order valence-electron chi connectivity index (χ1n) is 5.30. The van der Waals surface area contributed by atoms with Crippen LogP contribution in [-0.4, -0.2) is 37.7 Å². The number of aliphatic carboxylic acids is 1. The van der Waals surface area contributed by atoms with Crippen LogP contribution in [0.25, 0.3) is 0 Å². The molecule has 1 rings (SSSR count). The molecule has 7 nitrogen and oxygen atoms in total. The Morgan fingerprint density at radius 1 is 1.29 bits per heavy atom. The van der Waals surface area contributed by atoms with Crippen LogP contribution in [0.2, 0.25) is 0 Å². The second-order valence-corrected chi connectivity index (χ2v) is 5.94. The van der Waals surface area contributed by atoms with Crippen molar-refractivity contribution in [2.45, 2.75) is 19.3 Å². The summed E-state index contributed by atoms with van der Waals surface area (Å²) < 4.78 is 21.2. The molecule has 1 aliphatic carbocycles. The average molecular weight is 264 g/mol. The highest BCUT2D eigenvalue weighted by atomic mass is 32.2. The maximum atomic E-state index is 11.6. The quantitative estimate of drug-likeness (QED) is 0.580. The summed E-state index contributed by atoms with van der Waals surface area (Å²) in [6, 6.07) is 0. The lowest BCUT2D eigenvalue weighted by atomic mass is 10.0. The van der Waals surface area contributed by atoms with E-state index in [9.17, 15) is 18.0 Å². The smallest absolute Gasteiger partial charge is 0.306 e. The van der Waals surface area contributed by atoms with E-state index in [1.54, 1.807) is 0 Å². The van der Waals surface area contributed by atoms with Crippen LogP contribution in [0.15, 0.2) is 0 Å². The molecule has 0 bridgehead atoms. The van der Waals surface area contributed by atoms with Crippen molar-refractivity contribution in [1.82, 2.24) is 5.32 Å². The number of primary sulfonamides is 1. The lowest BCUT2D eigenvalue weighted by molar-refractivity contribution is -0.141. The van der Waals surface area contributed by atoms with Gasteiger partial charge in [-0.25, -0.2) is 13.6 Å². The summed E-state index contributed by atoms with van der Waals surface area (Å²) in [6.45, 7) is -0.0358. The van der Waals surface area contributed by atoms with Crippen LogP contribution in [0, 0.1) is 11.8 Å². The van der Waals surface area contributed by atoms with Gasteiger partial charge in [-0.2, -0.15) is 0 Å². The highest BCUT2D eigenvalue weighted by Crippen LogP contribution is 2.30. The summed E-state index contributed by atoms with van der Waals surface area (Å²) in [5.41, 5.74) is 0. The second-order valence-electron chi connectivity index (χ2n) is 4.20. The molecule has 0 spiro atoms. The molecule has 0 aliphatic heterocycles. The first kappa shape index (κ1) is 13.9. The first-order valence-corrected chi connectivity index (χ1v) is 7.02. The zero-order valence-electron chi connectivity index (χ0n) is 9.26. The monoisotopic (exact) mass is 264 g/mol. The molecule has 8 heteroatoms. The molecule has 0 aromatic carbocycles. The van der Waals surface area contributed by atoms with Gasteiger partial charge in [0.25, 0.3) is 0 Å². The normalized spacial score (nSPS) is 24.5. The van der Waals surface area contributed by atoms with E-state index < -0.39 is 21.9 Å². The Morgan fingerprint density at radius 2 is 1.88 bits per heavy atom. The lowest BCUT2D eigenvalue weighted by Gasteiger charge is -2.10.